The van der Waals surface area contributed by atoms with Crippen LogP contribution >= 0.6 is 0 Å². The molecule has 0 spiro atoms. The third-order valence-corrected chi connectivity index (χ3v) is 3.30. The summed E-state index contributed by atoms with van der Waals surface area (Å²) in [5.41, 5.74) is 0. The molecule has 0 aromatic heterocycles. The Balaban J connectivity index is 4.12. The van der Waals surface area contributed by atoms with Crippen molar-refractivity contribution in [1.29, 1.82) is 0 Å². The van der Waals surface area contributed by atoms with Gasteiger partial charge in [0, 0.05) is 6.26 Å². The van der Waals surface area contributed by atoms with Gasteiger partial charge in [0.25, 0.3) is 0 Å². The summed E-state index contributed by atoms with van der Waals surface area (Å²) in [5.74, 6) is -0.897. The number of hydrogen-bond acceptors (Lipinski definition) is 5. The van der Waals surface area contributed by atoms with Gasteiger partial charge in [0.2, 0.25) is 10.0 Å². The Hall–Kier alpha value is -0.180. The van der Waals surface area contributed by atoms with E-state index in [0.717, 1.165) is 13.4 Å². The number of hydrogen-bond donors (Lipinski definition) is 1. The second-order valence-electron chi connectivity index (χ2n) is 2.24. The lowest BCUT2D eigenvalue weighted by atomic mass is 11.0. The van der Waals surface area contributed by atoms with E-state index in [-0.39, 0.29) is 0 Å². The van der Waals surface area contributed by atoms with E-state index in [0.29, 0.717) is 0 Å². The zero-order chi connectivity index (χ0) is 9.83. The summed E-state index contributed by atoms with van der Waals surface area (Å²) in [6, 6.07) is 0. The minimum atomic E-state index is -3.62. The minimum Gasteiger partial charge on any atom is -0.290 e. The molecular formula is C4H11NO5S2. The molecule has 1 N–H and O–H groups in total. The predicted octanol–water partition coefficient (Wildman–Crippen LogP) is -1.49. The van der Waals surface area contributed by atoms with Crippen LogP contribution in [0.4, 0.5) is 0 Å². The van der Waals surface area contributed by atoms with Crippen LogP contribution < -0.4 is 4.89 Å². The number of sulfonamides is 1. The zero-order valence-electron chi connectivity index (χ0n) is 6.77. The molecule has 0 aliphatic heterocycles. The van der Waals surface area contributed by atoms with Crippen LogP contribution in [0.2, 0.25) is 0 Å². The molecule has 0 aliphatic carbocycles. The lowest BCUT2D eigenvalue weighted by Gasteiger charge is -2.01. The van der Waals surface area contributed by atoms with Crippen LogP contribution in [0.25, 0.3) is 0 Å². The Labute approximate surface area is 71.8 Å². The van der Waals surface area contributed by atoms with Crippen LogP contribution in [-0.2, 0) is 24.7 Å². The largest absolute Gasteiger partial charge is 0.290 e. The van der Waals surface area contributed by atoms with Crippen molar-refractivity contribution in [3.05, 3.63) is 0 Å². The molecule has 0 saturated heterocycles. The van der Waals surface area contributed by atoms with Gasteiger partial charge in [0.05, 0.1) is 18.6 Å². The fourth-order valence-corrected chi connectivity index (χ4v) is 2.86. The Kier molecular flexibility index (Phi) is 4.11. The van der Waals surface area contributed by atoms with Crippen molar-refractivity contribution in [3.63, 3.8) is 0 Å². The summed E-state index contributed by atoms with van der Waals surface area (Å²) in [6.45, 7) is 0. The molecule has 8 heteroatoms. The first-order chi connectivity index (χ1) is 5.27. The van der Waals surface area contributed by atoms with Gasteiger partial charge in [-0.05, 0) is 0 Å². The lowest BCUT2D eigenvalue weighted by molar-refractivity contribution is 0.153. The van der Waals surface area contributed by atoms with Crippen molar-refractivity contribution < 1.29 is 21.7 Å². The van der Waals surface area contributed by atoms with Gasteiger partial charge in [0.1, 0.15) is 9.84 Å². The summed E-state index contributed by atoms with van der Waals surface area (Å²) in [7, 11) is -5.73. The minimum absolute atomic E-state index is 0.411. The SMILES string of the molecule is CONS(=O)(=O)CCS(C)(=O)=O. The maximum absolute atomic E-state index is 10.8. The highest BCUT2D eigenvalue weighted by molar-refractivity contribution is 7.93. The molecule has 0 aliphatic rings. The van der Waals surface area contributed by atoms with E-state index in [1.54, 1.807) is 4.89 Å². The summed E-state index contributed by atoms with van der Waals surface area (Å²) in [6.07, 6.45) is 0.968. The van der Waals surface area contributed by atoms with E-state index >= 15 is 0 Å². The molecule has 0 bridgehead atoms. The normalized spacial score (nSPS) is 13.2. The Morgan fingerprint density at radius 3 is 2.00 bits per heavy atom. The first-order valence-corrected chi connectivity index (χ1v) is 6.68. The van der Waals surface area contributed by atoms with Crippen LogP contribution in [0, 0.1) is 0 Å². The Morgan fingerprint density at radius 2 is 1.67 bits per heavy atom. The van der Waals surface area contributed by atoms with E-state index in [2.05, 4.69) is 4.84 Å². The molecule has 0 rings (SSSR count). The van der Waals surface area contributed by atoms with Crippen molar-refractivity contribution in [3.8, 4) is 0 Å². The highest BCUT2D eigenvalue weighted by atomic mass is 32.2. The standard InChI is InChI=1S/C4H11NO5S2/c1-10-5-12(8,9)4-3-11(2,6)7/h5H,3-4H2,1-2H3. The van der Waals surface area contributed by atoms with Crippen molar-refractivity contribution in [2.75, 3.05) is 24.9 Å². The second kappa shape index (κ2) is 4.17. The van der Waals surface area contributed by atoms with Crippen molar-refractivity contribution in [2.24, 2.45) is 0 Å². The second-order valence-corrected chi connectivity index (χ2v) is 6.30. The van der Waals surface area contributed by atoms with Gasteiger partial charge in [-0.15, -0.1) is 0 Å². The number of nitrogens with one attached hydrogen (secondary N) is 1. The van der Waals surface area contributed by atoms with E-state index in [1.807, 2.05) is 0 Å². The molecule has 0 amide bonds. The van der Waals surface area contributed by atoms with Crippen molar-refractivity contribution in [2.45, 2.75) is 0 Å². The third kappa shape index (κ3) is 6.53. The Morgan fingerprint density at radius 1 is 1.17 bits per heavy atom. The quantitative estimate of drug-likeness (QED) is 0.567. The fourth-order valence-electron chi connectivity index (χ4n) is 0.430. The van der Waals surface area contributed by atoms with Gasteiger partial charge < -0.3 is 0 Å². The van der Waals surface area contributed by atoms with Crippen LogP contribution in [0.15, 0.2) is 0 Å². The van der Waals surface area contributed by atoms with E-state index < -0.39 is 31.4 Å². The number of rotatable bonds is 5. The van der Waals surface area contributed by atoms with Gasteiger partial charge >= 0.3 is 0 Å². The van der Waals surface area contributed by atoms with Gasteiger partial charge in [0.15, 0.2) is 0 Å². The first kappa shape index (κ1) is 11.8. The van der Waals surface area contributed by atoms with Crippen LogP contribution in [0.5, 0.6) is 0 Å². The van der Waals surface area contributed by atoms with Crippen LogP contribution in [0.1, 0.15) is 0 Å². The highest BCUT2D eigenvalue weighted by Gasteiger charge is 2.13. The monoisotopic (exact) mass is 217 g/mol. The predicted molar refractivity (Wildman–Crippen MR) is 43.6 cm³/mol. The van der Waals surface area contributed by atoms with Crippen LogP contribution in [0.3, 0.4) is 0 Å². The highest BCUT2D eigenvalue weighted by Crippen LogP contribution is 1.88. The lowest BCUT2D eigenvalue weighted by Crippen LogP contribution is -2.28. The Bertz CT molecular complexity index is 315. The summed E-state index contributed by atoms with van der Waals surface area (Å²) >= 11 is 0. The maximum Gasteiger partial charge on any atom is 0.234 e. The van der Waals surface area contributed by atoms with E-state index in [9.17, 15) is 16.8 Å². The molecule has 0 aromatic rings. The molecule has 0 heterocycles. The third-order valence-electron chi connectivity index (χ3n) is 0.933. The molecular weight excluding hydrogens is 206 g/mol. The van der Waals surface area contributed by atoms with Gasteiger partial charge in [-0.2, -0.15) is 0 Å². The fraction of sp³-hybridized carbons (Fsp3) is 1.00. The van der Waals surface area contributed by atoms with E-state index in [1.165, 1.54) is 0 Å². The topological polar surface area (TPSA) is 89.5 Å². The molecule has 12 heavy (non-hydrogen) atoms. The van der Waals surface area contributed by atoms with E-state index in [4.69, 9.17) is 0 Å². The van der Waals surface area contributed by atoms with Crippen molar-refractivity contribution >= 4 is 19.9 Å². The first-order valence-electron chi connectivity index (χ1n) is 2.97. The number of sulfone groups is 1. The summed E-state index contributed by atoms with van der Waals surface area (Å²) < 4.78 is 42.7. The van der Waals surface area contributed by atoms with Crippen LogP contribution in [-0.4, -0.2) is 41.7 Å². The molecule has 0 unspecified atom stereocenters. The van der Waals surface area contributed by atoms with Gasteiger partial charge in [-0.25, -0.2) is 16.8 Å². The maximum atomic E-state index is 10.8. The van der Waals surface area contributed by atoms with Crippen molar-refractivity contribution in [1.82, 2.24) is 4.89 Å². The zero-order valence-corrected chi connectivity index (χ0v) is 8.40. The molecule has 0 atom stereocenters. The molecule has 0 saturated carbocycles. The summed E-state index contributed by atoms with van der Waals surface area (Å²) in [5, 5.41) is 0. The smallest absolute Gasteiger partial charge is 0.234 e. The summed E-state index contributed by atoms with van der Waals surface area (Å²) in [4.78, 5) is 5.84. The molecule has 6 nitrogen and oxygen atoms in total. The van der Waals surface area contributed by atoms with Gasteiger partial charge in [-0.3, -0.25) is 4.84 Å². The molecule has 0 radical (unpaired) electrons. The average Bonchev–Trinajstić information content (AvgIpc) is 1.83. The average molecular weight is 217 g/mol. The molecule has 74 valence electrons. The van der Waals surface area contributed by atoms with Gasteiger partial charge in [-0.1, -0.05) is 4.89 Å². The molecule has 0 aromatic carbocycles. The molecule has 0 fully saturated rings.